The molecular weight excluding hydrogens is 172 g/mol. The molecule has 1 aliphatic heterocycles. The third kappa shape index (κ3) is 2.73. The molecule has 0 amide bonds. The summed E-state index contributed by atoms with van der Waals surface area (Å²) in [6.45, 7) is 3.43. The summed E-state index contributed by atoms with van der Waals surface area (Å²) in [6.07, 6.45) is 3.23. The van der Waals surface area contributed by atoms with Crippen LogP contribution < -0.4 is 0 Å². The molecule has 74 valence electrons. The normalized spacial score (nSPS) is 26.4. The van der Waals surface area contributed by atoms with Crippen LogP contribution in [0, 0.1) is 0 Å². The van der Waals surface area contributed by atoms with Gasteiger partial charge in [0.25, 0.3) is 0 Å². The summed E-state index contributed by atoms with van der Waals surface area (Å²) in [6, 6.07) is 0. The van der Waals surface area contributed by atoms with Crippen LogP contribution in [0.2, 0.25) is 0 Å². The minimum absolute atomic E-state index is 0.314. The zero-order valence-electron chi connectivity index (χ0n) is 8.07. The summed E-state index contributed by atoms with van der Waals surface area (Å²) in [5, 5.41) is 0. The maximum Gasteiger partial charge on any atom is 0.338 e. The predicted molar refractivity (Wildman–Crippen MR) is 45.8 cm³/mol. The Labute approximate surface area is 77.5 Å². The Bertz CT molecular complexity index is 220. The number of hydrogen-bond acceptors (Lipinski definition) is 4. The van der Waals surface area contributed by atoms with Crippen LogP contribution in [0.3, 0.4) is 0 Å². The molecule has 13 heavy (non-hydrogen) atoms. The monoisotopic (exact) mass is 186 g/mol. The largest absolute Gasteiger partial charge is 0.505 e. The van der Waals surface area contributed by atoms with Crippen molar-refractivity contribution in [2.75, 3.05) is 7.11 Å². The summed E-state index contributed by atoms with van der Waals surface area (Å²) in [5.74, 6) is -1.10. The lowest BCUT2D eigenvalue weighted by atomic mass is 10.2. The van der Waals surface area contributed by atoms with Crippen molar-refractivity contribution in [3.05, 3.63) is 12.3 Å². The smallest absolute Gasteiger partial charge is 0.338 e. The molecule has 1 fully saturated rings. The van der Waals surface area contributed by atoms with Crippen LogP contribution >= 0.6 is 0 Å². The van der Waals surface area contributed by atoms with E-state index in [9.17, 15) is 4.79 Å². The van der Waals surface area contributed by atoms with E-state index >= 15 is 0 Å². The summed E-state index contributed by atoms with van der Waals surface area (Å²) in [4.78, 5) is 11.2. The van der Waals surface area contributed by atoms with Gasteiger partial charge >= 0.3 is 5.97 Å². The van der Waals surface area contributed by atoms with E-state index in [1.807, 2.05) is 0 Å². The molecule has 0 aromatic carbocycles. The van der Waals surface area contributed by atoms with E-state index in [4.69, 9.17) is 14.2 Å². The molecule has 0 spiro atoms. The minimum Gasteiger partial charge on any atom is -0.505 e. The molecule has 1 rings (SSSR count). The number of ether oxygens (including phenoxy) is 3. The van der Waals surface area contributed by atoms with Gasteiger partial charge in [-0.1, -0.05) is 0 Å². The van der Waals surface area contributed by atoms with Gasteiger partial charge in [0.15, 0.2) is 6.10 Å². The zero-order valence-corrected chi connectivity index (χ0v) is 8.07. The number of carbonyl (C=O) groups excluding carboxylic acids is 1. The molecule has 1 aliphatic rings. The minimum atomic E-state index is -0.789. The van der Waals surface area contributed by atoms with Crippen molar-refractivity contribution < 1.29 is 19.0 Å². The van der Waals surface area contributed by atoms with Crippen molar-refractivity contribution in [2.24, 2.45) is 0 Å². The number of hydrogen-bond donors (Lipinski definition) is 0. The van der Waals surface area contributed by atoms with E-state index in [0.717, 1.165) is 0 Å². The molecule has 0 bridgehead atoms. The standard InChI is InChI=1S/C9H14O4/c1-9(2)12-7(8(10)13-9)5-4-6-11-3/h4,6-7H,5H2,1-3H3/b6-4+/t7-/m0/s1. The second kappa shape index (κ2) is 3.79. The average Bonchev–Trinajstić information content (AvgIpc) is 2.25. The Morgan fingerprint density at radius 3 is 2.77 bits per heavy atom. The molecule has 0 saturated carbocycles. The van der Waals surface area contributed by atoms with E-state index in [-0.39, 0.29) is 5.97 Å². The highest BCUT2D eigenvalue weighted by Gasteiger charge is 2.40. The third-order valence-electron chi connectivity index (χ3n) is 1.62. The molecule has 1 saturated heterocycles. The molecule has 4 heteroatoms. The van der Waals surface area contributed by atoms with E-state index in [2.05, 4.69) is 0 Å². The summed E-state index contributed by atoms with van der Waals surface area (Å²) in [7, 11) is 1.55. The summed E-state index contributed by atoms with van der Waals surface area (Å²) >= 11 is 0. The van der Waals surface area contributed by atoms with Gasteiger partial charge in [0.05, 0.1) is 13.4 Å². The molecule has 0 unspecified atom stereocenters. The fraction of sp³-hybridized carbons (Fsp3) is 0.667. The Kier molecular flexibility index (Phi) is 2.93. The Balaban J connectivity index is 2.44. The van der Waals surface area contributed by atoms with Crippen LogP contribution in [0.1, 0.15) is 20.3 Å². The molecule has 0 aromatic rings. The Morgan fingerprint density at radius 1 is 1.62 bits per heavy atom. The number of esters is 1. The Morgan fingerprint density at radius 2 is 2.31 bits per heavy atom. The highest BCUT2D eigenvalue weighted by Crippen LogP contribution is 2.25. The maximum absolute atomic E-state index is 11.2. The van der Waals surface area contributed by atoms with Gasteiger partial charge in [-0.3, -0.25) is 0 Å². The first-order valence-electron chi connectivity index (χ1n) is 4.13. The van der Waals surface area contributed by atoms with E-state index < -0.39 is 11.9 Å². The molecule has 0 aliphatic carbocycles. The first kappa shape index (κ1) is 10.1. The summed E-state index contributed by atoms with van der Waals surface area (Å²) in [5.41, 5.74) is 0. The average molecular weight is 186 g/mol. The first-order valence-corrected chi connectivity index (χ1v) is 4.13. The van der Waals surface area contributed by atoms with Crippen molar-refractivity contribution in [2.45, 2.75) is 32.2 Å². The molecule has 0 aromatic heterocycles. The van der Waals surface area contributed by atoms with Crippen LogP contribution in [0.25, 0.3) is 0 Å². The van der Waals surface area contributed by atoms with Gasteiger partial charge in [-0.25, -0.2) is 4.79 Å². The second-order valence-electron chi connectivity index (χ2n) is 3.27. The van der Waals surface area contributed by atoms with Crippen molar-refractivity contribution >= 4 is 5.97 Å². The van der Waals surface area contributed by atoms with Gasteiger partial charge in [0, 0.05) is 20.3 Å². The van der Waals surface area contributed by atoms with Crippen molar-refractivity contribution in [3.63, 3.8) is 0 Å². The van der Waals surface area contributed by atoms with Gasteiger partial charge in [-0.05, 0) is 6.08 Å². The van der Waals surface area contributed by atoms with E-state index in [1.54, 1.807) is 27.0 Å². The molecule has 4 nitrogen and oxygen atoms in total. The molecular formula is C9H14O4. The quantitative estimate of drug-likeness (QED) is 0.491. The first-order chi connectivity index (χ1) is 6.05. The number of carbonyl (C=O) groups is 1. The van der Waals surface area contributed by atoms with Gasteiger partial charge < -0.3 is 14.2 Å². The van der Waals surface area contributed by atoms with Crippen molar-refractivity contribution in [3.8, 4) is 0 Å². The van der Waals surface area contributed by atoms with E-state index in [1.165, 1.54) is 6.26 Å². The molecule has 1 atom stereocenters. The van der Waals surface area contributed by atoms with Crippen LogP contribution in [0.15, 0.2) is 12.3 Å². The van der Waals surface area contributed by atoms with Gasteiger partial charge in [-0.2, -0.15) is 0 Å². The number of cyclic esters (lactones) is 1. The third-order valence-corrected chi connectivity index (χ3v) is 1.62. The highest BCUT2D eigenvalue weighted by molar-refractivity contribution is 5.76. The SMILES string of the molecule is CO/C=C/C[C@@H]1OC(C)(C)OC1=O. The zero-order chi connectivity index (χ0) is 9.90. The lowest BCUT2D eigenvalue weighted by molar-refractivity contribution is -0.160. The van der Waals surface area contributed by atoms with E-state index in [0.29, 0.717) is 6.42 Å². The fourth-order valence-electron chi connectivity index (χ4n) is 1.14. The van der Waals surface area contributed by atoms with Gasteiger partial charge in [0.2, 0.25) is 5.79 Å². The van der Waals surface area contributed by atoms with Crippen molar-refractivity contribution in [1.82, 2.24) is 0 Å². The van der Waals surface area contributed by atoms with Gasteiger partial charge in [0.1, 0.15) is 0 Å². The topological polar surface area (TPSA) is 44.8 Å². The van der Waals surface area contributed by atoms with Crippen LogP contribution in [0.5, 0.6) is 0 Å². The maximum atomic E-state index is 11.2. The highest BCUT2D eigenvalue weighted by atomic mass is 16.8. The number of methoxy groups -OCH3 is 1. The fourth-order valence-corrected chi connectivity index (χ4v) is 1.14. The lowest BCUT2D eigenvalue weighted by Crippen LogP contribution is -2.21. The Hall–Kier alpha value is -1.03. The summed E-state index contributed by atoms with van der Waals surface area (Å²) < 4.78 is 15.0. The predicted octanol–water partition coefficient (Wildman–Crippen LogP) is 1.21. The van der Waals surface area contributed by atoms with Gasteiger partial charge in [-0.15, -0.1) is 0 Å². The molecule has 1 heterocycles. The second-order valence-corrected chi connectivity index (χ2v) is 3.27. The number of rotatable bonds is 3. The van der Waals surface area contributed by atoms with Crippen LogP contribution in [-0.4, -0.2) is 25.0 Å². The van der Waals surface area contributed by atoms with Crippen LogP contribution in [0.4, 0.5) is 0 Å². The lowest BCUT2D eigenvalue weighted by Gasteiger charge is -2.14. The van der Waals surface area contributed by atoms with Crippen LogP contribution in [-0.2, 0) is 19.0 Å². The molecule has 0 N–H and O–H groups in total. The molecule has 0 radical (unpaired) electrons. The van der Waals surface area contributed by atoms with Crippen molar-refractivity contribution in [1.29, 1.82) is 0 Å².